The fourth-order valence-corrected chi connectivity index (χ4v) is 1.39. The number of rotatable bonds is 3. The van der Waals surface area contributed by atoms with Crippen LogP contribution in [0.15, 0.2) is 16.7 Å². The maximum atomic E-state index is 5.96. The molecular weight excluding hydrogens is 194 g/mol. The van der Waals surface area contributed by atoms with Gasteiger partial charge in [-0.2, -0.15) is 0 Å². The molecular formula is C10H15N3S. The molecule has 1 aromatic heterocycles. The van der Waals surface area contributed by atoms with Crippen LogP contribution in [0.5, 0.6) is 0 Å². The number of anilines is 1. The van der Waals surface area contributed by atoms with Crippen molar-refractivity contribution >= 4 is 24.7 Å². The molecule has 0 aromatic carbocycles. The minimum atomic E-state index is 0.378. The summed E-state index contributed by atoms with van der Waals surface area (Å²) in [6, 6.07) is 1.83. The van der Waals surface area contributed by atoms with Crippen LogP contribution >= 0.6 is 12.8 Å². The third kappa shape index (κ3) is 2.26. The van der Waals surface area contributed by atoms with Gasteiger partial charge in [0, 0.05) is 23.9 Å². The number of nitrogen functional groups attached to an aromatic ring is 1. The Labute approximate surface area is 90.0 Å². The first-order valence-electron chi connectivity index (χ1n) is 4.62. The van der Waals surface area contributed by atoms with E-state index in [0.717, 1.165) is 17.7 Å². The van der Waals surface area contributed by atoms with Crippen LogP contribution in [-0.4, -0.2) is 11.2 Å². The predicted octanol–water partition coefficient (Wildman–Crippen LogP) is 2.44. The second kappa shape index (κ2) is 5.00. The lowest BCUT2D eigenvalue weighted by molar-refractivity contribution is 0.711. The van der Waals surface area contributed by atoms with E-state index in [0.29, 0.717) is 11.6 Å². The van der Waals surface area contributed by atoms with Crippen molar-refractivity contribution in [2.45, 2.75) is 26.2 Å². The molecule has 1 atom stereocenters. The van der Waals surface area contributed by atoms with Crippen molar-refractivity contribution in [2.24, 2.45) is 4.40 Å². The zero-order chi connectivity index (χ0) is 10.6. The van der Waals surface area contributed by atoms with E-state index in [1.165, 1.54) is 0 Å². The molecule has 0 aliphatic heterocycles. The number of hydrogen-bond donors (Lipinski definition) is 2. The van der Waals surface area contributed by atoms with E-state index < -0.39 is 0 Å². The minimum absolute atomic E-state index is 0.378. The van der Waals surface area contributed by atoms with Crippen molar-refractivity contribution in [3.05, 3.63) is 23.5 Å². The van der Waals surface area contributed by atoms with E-state index in [1.807, 2.05) is 6.07 Å². The first-order valence-corrected chi connectivity index (χ1v) is 5.02. The molecule has 0 aliphatic rings. The normalized spacial score (nSPS) is 13.4. The number of nitrogens with zero attached hydrogens (tertiary/aromatic N) is 2. The number of pyridine rings is 1. The Hall–Kier alpha value is -1.03. The Morgan fingerprint density at radius 1 is 1.71 bits per heavy atom. The largest absolute Gasteiger partial charge is 0.397 e. The number of thiol groups is 1. The lowest BCUT2D eigenvalue weighted by Crippen LogP contribution is -2.04. The fraction of sp³-hybridized carbons (Fsp3) is 0.400. The molecule has 0 bridgehead atoms. The first-order chi connectivity index (χ1) is 6.70. The minimum Gasteiger partial charge on any atom is -0.397 e. The van der Waals surface area contributed by atoms with Gasteiger partial charge in [-0.1, -0.05) is 13.8 Å². The average Bonchev–Trinajstić information content (AvgIpc) is 2.20. The quantitative estimate of drug-likeness (QED) is 0.593. The molecule has 14 heavy (non-hydrogen) atoms. The van der Waals surface area contributed by atoms with Crippen LogP contribution in [0.25, 0.3) is 0 Å². The van der Waals surface area contributed by atoms with Gasteiger partial charge in [0.2, 0.25) is 0 Å². The Morgan fingerprint density at radius 2 is 2.43 bits per heavy atom. The van der Waals surface area contributed by atoms with E-state index in [1.54, 1.807) is 12.4 Å². The second-order valence-corrected chi connectivity index (χ2v) is 3.48. The summed E-state index contributed by atoms with van der Waals surface area (Å²) in [5.74, 6) is 0.378. The Bertz CT molecular complexity index is 336. The molecule has 1 rings (SSSR count). The van der Waals surface area contributed by atoms with Gasteiger partial charge in [-0.3, -0.25) is 4.98 Å². The second-order valence-electron chi connectivity index (χ2n) is 3.25. The van der Waals surface area contributed by atoms with Gasteiger partial charge in [-0.05, 0) is 25.3 Å². The van der Waals surface area contributed by atoms with E-state index in [2.05, 4.69) is 36.0 Å². The molecule has 1 unspecified atom stereocenters. The van der Waals surface area contributed by atoms with E-state index in [-0.39, 0.29) is 0 Å². The van der Waals surface area contributed by atoms with Crippen LogP contribution in [0, 0.1) is 0 Å². The molecule has 0 saturated carbocycles. The Morgan fingerprint density at radius 3 is 3.00 bits per heavy atom. The van der Waals surface area contributed by atoms with Crippen LogP contribution in [0.2, 0.25) is 0 Å². The van der Waals surface area contributed by atoms with Crippen LogP contribution < -0.4 is 5.73 Å². The van der Waals surface area contributed by atoms with Gasteiger partial charge in [0.05, 0.1) is 11.4 Å². The molecule has 0 fully saturated rings. The van der Waals surface area contributed by atoms with Crippen LogP contribution in [0.4, 0.5) is 5.69 Å². The highest BCUT2D eigenvalue weighted by molar-refractivity contribution is 7.79. The summed E-state index contributed by atoms with van der Waals surface area (Å²) in [7, 11) is 0. The highest BCUT2D eigenvalue weighted by Gasteiger charge is 2.10. The number of nitrogens with two attached hydrogens (primary N) is 1. The van der Waals surface area contributed by atoms with Crippen LogP contribution in [0.3, 0.4) is 0 Å². The topological polar surface area (TPSA) is 51.3 Å². The molecule has 0 radical (unpaired) electrons. The number of aromatic nitrogens is 1. The summed E-state index contributed by atoms with van der Waals surface area (Å²) in [6.45, 7) is 4.23. The van der Waals surface area contributed by atoms with Crippen LogP contribution in [-0.2, 0) is 0 Å². The highest BCUT2D eigenvalue weighted by Crippen LogP contribution is 2.24. The molecule has 3 nitrogen and oxygen atoms in total. The molecule has 0 spiro atoms. The predicted molar refractivity (Wildman–Crippen MR) is 63.9 cm³/mol. The summed E-state index contributed by atoms with van der Waals surface area (Å²) in [4.78, 5) is 4.28. The van der Waals surface area contributed by atoms with Gasteiger partial charge in [-0.15, -0.1) is 0 Å². The van der Waals surface area contributed by atoms with Gasteiger partial charge < -0.3 is 5.73 Å². The first kappa shape index (κ1) is 11.0. The molecule has 2 N–H and O–H groups in total. The molecule has 0 amide bonds. The van der Waals surface area contributed by atoms with Gasteiger partial charge in [0.1, 0.15) is 0 Å². The molecule has 1 aromatic rings. The number of hydrogen-bond acceptors (Lipinski definition) is 4. The SMILES string of the molecule is CCC(C)c1nccc(C=NS)c1N. The zero-order valence-corrected chi connectivity index (χ0v) is 9.33. The van der Waals surface area contributed by atoms with Gasteiger partial charge in [-0.25, -0.2) is 4.40 Å². The van der Waals surface area contributed by atoms with Gasteiger partial charge in [0.25, 0.3) is 0 Å². The monoisotopic (exact) mass is 209 g/mol. The summed E-state index contributed by atoms with van der Waals surface area (Å²) >= 11 is 3.78. The highest BCUT2D eigenvalue weighted by atomic mass is 32.1. The molecule has 0 aliphatic carbocycles. The van der Waals surface area contributed by atoms with E-state index in [9.17, 15) is 0 Å². The Balaban J connectivity index is 3.13. The molecule has 0 saturated heterocycles. The lowest BCUT2D eigenvalue weighted by Gasteiger charge is -2.11. The van der Waals surface area contributed by atoms with Crippen molar-refractivity contribution in [2.75, 3.05) is 5.73 Å². The molecule has 4 heteroatoms. The molecule has 76 valence electrons. The lowest BCUT2D eigenvalue weighted by atomic mass is 10.0. The maximum absolute atomic E-state index is 5.96. The van der Waals surface area contributed by atoms with Crippen molar-refractivity contribution in [3.63, 3.8) is 0 Å². The molecule has 1 heterocycles. The van der Waals surface area contributed by atoms with Crippen molar-refractivity contribution in [3.8, 4) is 0 Å². The van der Waals surface area contributed by atoms with Gasteiger partial charge >= 0.3 is 0 Å². The zero-order valence-electron chi connectivity index (χ0n) is 8.44. The van der Waals surface area contributed by atoms with Crippen molar-refractivity contribution in [1.82, 2.24) is 4.98 Å². The summed E-state index contributed by atoms with van der Waals surface area (Å²) in [5.41, 5.74) is 8.49. The third-order valence-electron chi connectivity index (χ3n) is 2.33. The Kier molecular flexibility index (Phi) is 3.95. The van der Waals surface area contributed by atoms with Crippen molar-refractivity contribution in [1.29, 1.82) is 0 Å². The van der Waals surface area contributed by atoms with E-state index >= 15 is 0 Å². The third-order valence-corrected chi connectivity index (χ3v) is 2.45. The maximum Gasteiger partial charge on any atom is 0.0667 e. The standard InChI is InChI=1S/C10H15N3S/c1-3-7(2)10-9(11)8(6-13-14)4-5-12-10/h4-7,14H,3,11H2,1-2H3. The summed E-state index contributed by atoms with van der Waals surface area (Å²) in [5, 5.41) is 0. The van der Waals surface area contributed by atoms with Crippen LogP contribution in [0.1, 0.15) is 37.4 Å². The van der Waals surface area contributed by atoms with Crippen molar-refractivity contribution < 1.29 is 0 Å². The summed E-state index contributed by atoms with van der Waals surface area (Å²) in [6.07, 6.45) is 4.41. The van der Waals surface area contributed by atoms with Gasteiger partial charge in [0.15, 0.2) is 0 Å². The smallest absolute Gasteiger partial charge is 0.0667 e. The fourth-order valence-electron chi connectivity index (χ4n) is 1.27. The van der Waals surface area contributed by atoms with E-state index in [4.69, 9.17) is 5.73 Å². The summed E-state index contributed by atoms with van der Waals surface area (Å²) < 4.78 is 3.65. The average molecular weight is 209 g/mol.